The second kappa shape index (κ2) is 5.93. The number of nitrogens with two attached hydrogens (primary N) is 1. The van der Waals surface area contributed by atoms with Gasteiger partial charge < -0.3 is 5.73 Å². The van der Waals surface area contributed by atoms with Crippen molar-refractivity contribution in [3.05, 3.63) is 41.7 Å². The van der Waals surface area contributed by atoms with Gasteiger partial charge in [-0.25, -0.2) is 4.39 Å². The zero-order chi connectivity index (χ0) is 13.0. The third kappa shape index (κ3) is 2.68. The van der Waals surface area contributed by atoms with E-state index in [1.807, 2.05) is 0 Å². The van der Waals surface area contributed by atoms with Gasteiger partial charge in [0.05, 0.1) is 11.6 Å². The maximum Gasteiger partial charge on any atom is 0.152 e. The van der Waals surface area contributed by atoms with Gasteiger partial charge in [0.2, 0.25) is 0 Å². The third-order valence-electron chi connectivity index (χ3n) is 2.59. The third-order valence-corrected chi connectivity index (χ3v) is 2.83. The molecule has 0 fully saturated rings. The number of aryl methyl sites for hydroxylation is 1. The molecule has 0 aliphatic heterocycles. The molecule has 18 heavy (non-hydrogen) atoms. The summed E-state index contributed by atoms with van der Waals surface area (Å²) >= 11 is 5.83. The summed E-state index contributed by atoms with van der Waals surface area (Å²) in [6.07, 6.45) is 1.49. The summed E-state index contributed by atoms with van der Waals surface area (Å²) in [6.45, 7) is 0.576. The van der Waals surface area contributed by atoms with Crippen LogP contribution in [0.4, 0.5) is 4.39 Å². The maximum atomic E-state index is 13.3. The van der Waals surface area contributed by atoms with Crippen molar-refractivity contribution in [2.24, 2.45) is 5.73 Å². The van der Waals surface area contributed by atoms with Gasteiger partial charge in [0.15, 0.2) is 5.82 Å². The smallest absolute Gasteiger partial charge is 0.152 e. The molecule has 6 heteroatoms. The molecule has 1 aromatic carbocycles. The van der Waals surface area contributed by atoms with Crippen molar-refractivity contribution in [1.82, 2.24) is 14.8 Å². The summed E-state index contributed by atoms with van der Waals surface area (Å²) in [5, 5.41) is 8.09. The van der Waals surface area contributed by atoms with Gasteiger partial charge in [-0.3, -0.25) is 4.57 Å². The first-order valence-corrected chi connectivity index (χ1v) is 6.25. The van der Waals surface area contributed by atoms with Crippen molar-refractivity contribution < 1.29 is 4.39 Å². The predicted molar refractivity (Wildman–Crippen MR) is 68.2 cm³/mol. The molecule has 0 saturated heterocycles. The second-order valence-electron chi connectivity index (χ2n) is 3.87. The van der Waals surface area contributed by atoms with Gasteiger partial charge in [0.1, 0.15) is 11.6 Å². The highest BCUT2D eigenvalue weighted by Gasteiger charge is 2.13. The molecule has 0 aliphatic rings. The molecular weight excluding hydrogens is 255 g/mol. The first-order valence-electron chi connectivity index (χ1n) is 5.71. The van der Waals surface area contributed by atoms with E-state index in [0.29, 0.717) is 24.5 Å². The number of aromatic nitrogens is 3. The lowest BCUT2D eigenvalue weighted by Crippen LogP contribution is -2.08. The van der Waals surface area contributed by atoms with Gasteiger partial charge in [-0.1, -0.05) is 6.07 Å². The molecule has 0 aliphatic carbocycles. The van der Waals surface area contributed by atoms with Crippen molar-refractivity contribution in [3.8, 4) is 5.69 Å². The van der Waals surface area contributed by atoms with Crippen LogP contribution >= 0.6 is 11.6 Å². The van der Waals surface area contributed by atoms with Crippen LogP contribution in [0.1, 0.15) is 18.1 Å². The maximum absolute atomic E-state index is 13.3. The minimum absolute atomic E-state index is 0.228. The van der Waals surface area contributed by atoms with Gasteiger partial charge in [0.25, 0.3) is 0 Å². The highest BCUT2D eigenvalue weighted by atomic mass is 35.5. The Morgan fingerprint density at radius 2 is 2.06 bits per heavy atom. The zero-order valence-corrected chi connectivity index (χ0v) is 10.6. The number of benzene rings is 1. The van der Waals surface area contributed by atoms with E-state index in [9.17, 15) is 4.39 Å². The minimum Gasteiger partial charge on any atom is -0.330 e. The van der Waals surface area contributed by atoms with E-state index < -0.39 is 0 Å². The molecule has 1 aromatic heterocycles. The molecule has 2 rings (SSSR count). The summed E-state index contributed by atoms with van der Waals surface area (Å²) in [5.41, 5.74) is 6.17. The lowest BCUT2D eigenvalue weighted by molar-refractivity contribution is 0.625. The number of halogens is 2. The number of hydrogen-bond acceptors (Lipinski definition) is 3. The number of nitrogens with zero attached hydrogens (tertiary/aromatic N) is 3. The van der Waals surface area contributed by atoms with Crippen LogP contribution in [-0.2, 0) is 12.3 Å². The molecule has 0 spiro atoms. The Hall–Kier alpha value is -1.46. The highest BCUT2D eigenvalue weighted by molar-refractivity contribution is 6.16. The molecule has 2 N–H and O–H groups in total. The average Bonchev–Trinajstić information content (AvgIpc) is 2.79. The lowest BCUT2D eigenvalue weighted by atomic mass is 10.2. The Morgan fingerprint density at radius 3 is 2.72 bits per heavy atom. The zero-order valence-electron chi connectivity index (χ0n) is 9.81. The van der Waals surface area contributed by atoms with Crippen LogP contribution in [0, 0.1) is 5.82 Å². The van der Waals surface area contributed by atoms with Crippen molar-refractivity contribution in [3.63, 3.8) is 0 Å². The van der Waals surface area contributed by atoms with Crippen molar-refractivity contribution in [1.29, 1.82) is 0 Å². The molecular formula is C12H14ClFN4. The van der Waals surface area contributed by atoms with Gasteiger partial charge in [-0.2, -0.15) is 0 Å². The molecule has 0 radical (unpaired) electrons. The van der Waals surface area contributed by atoms with Gasteiger partial charge in [-0.05, 0) is 31.2 Å². The van der Waals surface area contributed by atoms with Crippen LogP contribution in [0.5, 0.6) is 0 Å². The van der Waals surface area contributed by atoms with E-state index in [2.05, 4.69) is 10.2 Å². The molecule has 0 atom stereocenters. The predicted octanol–water partition coefficient (Wildman–Crippen LogP) is 2.04. The molecule has 0 amide bonds. The molecule has 0 unspecified atom stereocenters. The lowest BCUT2D eigenvalue weighted by Gasteiger charge is -2.09. The van der Waals surface area contributed by atoms with Gasteiger partial charge >= 0.3 is 0 Å². The summed E-state index contributed by atoms with van der Waals surface area (Å²) < 4.78 is 15.1. The highest BCUT2D eigenvalue weighted by Crippen LogP contribution is 2.16. The quantitative estimate of drug-likeness (QED) is 0.845. The van der Waals surface area contributed by atoms with E-state index in [-0.39, 0.29) is 11.7 Å². The molecule has 0 saturated carbocycles. The Bertz CT molecular complexity index is 527. The second-order valence-corrected chi connectivity index (χ2v) is 4.14. The Labute approximate surface area is 110 Å². The Morgan fingerprint density at radius 1 is 1.28 bits per heavy atom. The molecule has 2 aromatic rings. The fraction of sp³-hybridized carbons (Fsp3) is 0.333. The first-order chi connectivity index (χ1) is 8.76. The van der Waals surface area contributed by atoms with E-state index >= 15 is 0 Å². The SMILES string of the molecule is NCCCc1nnc(CCl)n1-c1cccc(F)c1. The van der Waals surface area contributed by atoms with Crippen LogP contribution in [0.3, 0.4) is 0 Å². The monoisotopic (exact) mass is 268 g/mol. The minimum atomic E-state index is -0.300. The van der Waals surface area contributed by atoms with Crippen molar-refractivity contribution >= 4 is 11.6 Å². The Balaban J connectivity index is 2.43. The van der Waals surface area contributed by atoms with Crippen molar-refractivity contribution in [2.45, 2.75) is 18.7 Å². The van der Waals surface area contributed by atoms with E-state index in [1.165, 1.54) is 12.1 Å². The van der Waals surface area contributed by atoms with E-state index in [0.717, 1.165) is 12.2 Å². The molecule has 1 heterocycles. The van der Waals surface area contributed by atoms with Crippen LogP contribution in [-0.4, -0.2) is 21.3 Å². The van der Waals surface area contributed by atoms with Crippen LogP contribution in [0.2, 0.25) is 0 Å². The molecule has 0 bridgehead atoms. The average molecular weight is 269 g/mol. The number of hydrogen-bond donors (Lipinski definition) is 1. The normalized spacial score (nSPS) is 10.8. The Kier molecular flexibility index (Phi) is 4.28. The number of rotatable bonds is 5. The molecule has 96 valence electrons. The van der Waals surface area contributed by atoms with Crippen LogP contribution in [0.15, 0.2) is 24.3 Å². The molecule has 4 nitrogen and oxygen atoms in total. The largest absolute Gasteiger partial charge is 0.330 e. The summed E-state index contributed by atoms with van der Waals surface area (Å²) in [7, 11) is 0. The van der Waals surface area contributed by atoms with Gasteiger partial charge in [-0.15, -0.1) is 21.8 Å². The first kappa shape index (κ1) is 13.0. The standard InChI is InChI=1S/C12H14ClFN4/c13-8-12-17-16-11(5-2-6-15)18(12)10-4-1-3-9(14)7-10/h1,3-4,7H,2,5-6,8,15H2. The number of alkyl halides is 1. The van der Waals surface area contributed by atoms with E-state index in [1.54, 1.807) is 16.7 Å². The fourth-order valence-corrected chi connectivity index (χ4v) is 1.95. The summed E-state index contributed by atoms with van der Waals surface area (Å²) in [6, 6.07) is 6.28. The van der Waals surface area contributed by atoms with Crippen LogP contribution in [0.25, 0.3) is 5.69 Å². The summed E-state index contributed by atoms with van der Waals surface area (Å²) in [4.78, 5) is 0. The van der Waals surface area contributed by atoms with Crippen molar-refractivity contribution in [2.75, 3.05) is 6.54 Å². The topological polar surface area (TPSA) is 56.7 Å². The van der Waals surface area contributed by atoms with Gasteiger partial charge in [0, 0.05) is 6.42 Å². The van der Waals surface area contributed by atoms with Crippen LogP contribution < -0.4 is 5.73 Å². The fourth-order valence-electron chi connectivity index (χ4n) is 1.78. The summed E-state index contributed by atoms with van der Waals surface area (Å²) in [5.74, 6) is 1.29. The van der Waals surface area contributed by atoms with E-state index in [4.69, 9.17) is 17.3 Å².